The Balaban J connectivity index is 1.76. The van der Waals surface area contributed by atoms with Gasteiger partial charge in [-0.1, -0.05) is 6.92 Å². The Bertz CT molecular complexity index is 522. The number of carbonyl (C=O) groups excluding carboxylic acids is 1. The minimum atomic E-state index is -0.479. The largest absolute Gasteiger partial charge is 0.444 e. The third-order valence-electron chi connectivity index (χ3n) is 3.81. The summed E-state index contributed by atoms with van der Waals surface area (Å²) in [5, 5.41) is 6.39. The molecule has 0 spiro atoms. The number of alkyl carbamates (subject to hydrolysis) is 1. The van der Waals surface area contributed by atoms with E-state index in [9.17, 15) is 9.18 Å². The number of hydrogen-bond acceptors (Lipinski definition) is 4. The number of amides is 1. The summed E-state index contributed by atoms with van der Waals surface area (Å²) in [4.78, 5) is 15.8. The molecule has 128 valence electrons. The second-order valence-electron chi connectivity index (χ2n) is 7.04. The molecule has 0 radical (unpaired) electrons. The quantitative estimate of drug-likeness (QED) is 0.872. The Morgan fingerprint density at radius 2 is 2.09 bits per heavy atom. The van der Waals surface area contributed by atoms with Crippen molar-refractivity contribution in [3.63, 3.8) is 0 Å². The minimum absolute atomic E-state index is 0.100. The van der Waals surface area contributed by atoms with E-state index in [1.165, 1.54) is 12.3 Å². The lowest BCUT2D eigenvalue weighted by atomic mass is 9.86. The second-order valence-corrected chi connectivity index (χ2v) is 7.04. The van der Waals surface area contributed by atoms with Crippen LogP contribution in [0.2, 0.25) is 0 Å². The van der Waals surface area contributed by atoms with E-state index in [1.807, 2.05) is 20.8 Å². The number of nitrogens with zero attached hydrogens (tertiary/aromatic N) is 1. The van der Waals surface area contributed by atoms with E-state index < -0.39 is 5.60 Å². The lowest BCUT2D eigenvalue weighted by Crippen LogP contribution is -2.53. The van der Waals surface area contributed by atoms with E-state index in [0.29, 0.717) is 6.04 Å². The van der Waals surface area contributed by atoms with Gasteiger partial charge in [0, 0.05) is 18.1 Å². The molecule has 1 aliphatic carbocycles. The van der Waals surface area contributed by atoms with Gasteiger partial charge in [0.25, 0.3) is 0 Å². The van der Waals surface area contributed by atoms with Crippen molar-refractivity contribution >= 4 is 6.09 Å². The fraction of sp³-hybridized carbons (Fsp3) is 0.647. The van der Waals surface area contributed by atoms with E-state index in [2.05, 4.69) is 22.5 Å². The number of rotatable bonds is 5. The molecule has 1 aromatic rings. The van der Waals surface area contributed by atoms with Gasteiger partial charge in [-0.3, -0.25) is 4.98 Å². The average molecular weight is 323 g/mol. The minimum Gasteiger partial charge on any atom is -0.444 e. The third kappa shape index (κ3) is 5.46. The van der Waals surface area contributed by atoms with Gasteiger partial charge in [0.2, 0.25) is 0 Å². The Morgan fingerprint density at radius 1 is 1.39 bits per heavy atom. The van der Waals surface area contributed by atoms with Crippen LogP contribution in [-0.2, 0) is 4.74 Å². The third-order valence-corrected chi connectivity index (χ3v) is 3.81. The summed E-state index contributed by atoms with van der Waals surface area (Å²) < 4.78 is 18.2. The molecule has 2 rings (SSSR count). The van der Waals surface area contributed by atoms with Gasteiger partial charge >= 0.3 is 6.09 Å². The van der Waals surface area contributed by atoms with E-state index in [4.69, 9.17) is 4.74 Å². The number of aromatic nitrogens is 1. The molecule has 2 N–H and O–H groups in total. The van der Waals surface area contributed by atoms with Gasteiger partial charge in [-0.05, 0) is 52.2 Å². The molecule has 23 heavy (non-hydrogen) atoms. The summed E-state index contributed by atoms with van der Waals surface area (Å²) in [6, 6.07) is 3.71. The van der Waals surface area contributed by atoms with Gasteiger partial charge in [0.05, 0.1) is 11.9 Å². The number of hydrogen-bond donors (Lipinski definition) is 2. The second kappa shape index (κ2) is 7.25. The molecule has 1 unspecified atom stereocenters. The molecule has 0 aromatic carbocycles. The molecular weight excluding hydrogens is 297 g/mol. The highest BCUT2D eigenvalue weighted by atomic mass is 19.1. The number of pyridine rings is 1. The summed E-state index contributed by atoms with van der Waals surface area (Å²) in [6.07, 6.45) is 3.47. The van der Waals surface area contributed by atoms with Crippen molar-refractivity contribution in [1.82, 2.24) is 15.6 Å². The first-order chi connectivity index (χ1) is 10.8. The summed E-state index contributed by atoms with van der Waals surface area (Å²) in [5.74, 6) is -0.325. The first kappa shape index (κ1) is 17.7. The molecule has 1 aliphatic rings. The van der Waals surface area contributed by atoms with Crippen LogP contribution in [0.15, 0.2) is 18.3 Å². The predicted molar refractivity (Wildman–Crippen MR) is 86.5 cm³/mol. The Hall–Kier alpha value is -1.69. The van der Waals surface area contributed by atoms with Crippen molar-refractivity contribution in [1.29, 1.82) is 0 Å². The van der Waals surface area contributed by atoms with Gasteiger partial charge in [-0.15, -0.1) is 0 Å². The molecule has 0 bridgehead atoms. The predicted octanol–water partition coefficient (Wildman–Crippen LogP) is 3.32. The molecule has 6 heteroatoms. The summed E-state index contributed by atoms with van der Waals surface area (Å²) in [6.45, 7) is 7.61. The maximum Gasteiger partial charge on any atom is 0.407 e. The Morgan fingerprint density at radius 3 is 2.61 bits per heavy atom. The fourth-order valence-electron chi connectivity index (χ4n) is 2.64. The van der Waals surface area contributed by atoms with Gasteiger partial charge in [-0.2, -0.15) is 0 Å². The van der Waals surface area contributed by atoms with Gasteiger partial charge in [0.1, 0.15) is 11.4 Å². The normalized spacial score (nSPS) is 22.1. The summed E-state index contributed by atoms with van der Waals surface area (Å²) in [5.41, 5.74) is 0.366. The van der Waals surface area contributed by atoms with Crippen LogP contribution >= 0.6 is 0 Å². The number of ether oxygens (including phenoxy) is 1. The Labute approximate surface area is 137 Å². The van der Waals surface area contributed by atoms with E-state index in [-0.39, 0.29) is 24.0 Å². The van der Waals surface area contributed by atoms with Crippen LogP contribution in [0.25, 0.3) is 0 Å². The fourth-order valence-corrected chi connectivity index (χ4v) is 2.64. The van der Waals surface area contributed by atoms with Crippen LogP contribution in [0.1, 0.15) is 58.7 Å². The van der Waals surface area contributed by atoms with Crippen LogP contribution in [0.4, 0.5) is 9.18 Å². The summed E-state index contributed by atoms with van der Waals surface area (Å²) in [7, 11) is 0. The molecular formula is C17H26FN3O2. The average Bonchev–Trinajstić information content (AvgIpc) is 2.40. The maximum atomic E-state index is 12.9. The highest BCUT2D eigenvalue weighted by molar-refractivity contribution is 5.68. The van der Waals surface area contributed by atoms with Crippen molar-refractivity contribution < 1.29 is 13.9 Å². The molecule has 1 saturated carbocycles. The van der Waals surface area contributed by atoms with E-state index in [1.54, 1.807) is 6.07 Å². The van der Waals surface area contributed by atoms with Gasteiger partial charge in [-0.25, -0.2) is 9.18 Å². The Kier molecular flexibility index (Phi) is 5.57. The number of halogens is 1. The van der Waals surface area contributed by atoms with Crippen molar-refractivity contribution in [3.8, 4) is 0 Å². The van der Waals surface area contributed by atoms with Crippen LogP contribution in [-0.4, -0.2) is 28.8 Å². The first-order valence-electron chi connectivity index (χ1n) is 8.14. The number of nitrogens with one attached hydrogen (secondary N) is 2. The highest BCUT2D eigenvalue weighted by Crippen LogP contribution is 2.25. The van der Waals surface area contributed by atoms with Crippen LogP contribution in [0, 0.1) is 5.82 Å². The standard InChI is InChI=1S/C17H26FN3O2/c1-5-14(15-7-6-11(18)10-19-15)20-12-8-13(9-12)21-16(22)23-17(2,3)4/h6-7,10,12-14,20H,5,8-9H2,1-4H3,(H,21,22). The highest BCUT2D eigenvalue weighted by Gasteiger charge is 2.33. The van der Waals surface area contributed by atoms with E-state index >= 15 is 0 Å². The molecule has 1 atom stereocenters. The molecule has 1 heterocycles. The molecule has 1 amide bonds. The SMILES string of the molecule is CCC(NC1CC(NC(=O)OC(C)(C)C)C1)c1ccc(F)cn1. The zero-order valence-electron chi connectivity index (χ0n) is 14.2. The lowest BCUT2D eigenvalue weighted by Gasteiger charge is -2.38. The van der Waals surface area contributed by atoms with Crippen molar-refractivity contribution in [3.05, 3.63) is 29.8 Å². The molecule has 5 nitrogen and oxygen atoms in total. The van der Waals surface area contributed by atoms with Crippen molar-refractivity contribution in [2.75, 3.05) is 0 Å². The molecule has 1 fully saturated rings. The van der Waals surface area contributed by atoms with Crippen LogP contribution in [0.3, 0.4) is 0 Å². The summed E-state index contributed by atoms with van der Waals surface area (Å²) >= 11 is 0. The maximum absolute atomic E-state index is 12.9. The monoisotopic (exact) mass is 323 g/mol. The van der Waals surface area contributed by atoms with Crippen LogP contribution in [0.5, 0.6) is 0 Å². The smallest absolute Gasteiger partial charge is 0.407 e. The first-order valence-corrected chi connectivity index (χ1v) is 8.14. The van der Waals surface area contributed by atoms with Crippen molar-refractivity contribution in [2.24, 2.45) is 0 Å². The van der Waals surface area contributed by atoms with E-state index in [0.717, 1.165) is 25.0 Å². The topological polar surface area (TPSA) is 63.2 Å². The molecule has 0 saturated heterocycles. The van der Waals surface area contributed by atoms with Gasteiger partial charge < -0.3 is 15.4 Å². The van der Waals surface area contributed by atoms with Gasteiger partial charge in [0.15, 0.2) is 0 Å². The van der Waals surface area contributed by atoms with Crippen LogP contribution < -0.4 is 10.6 Å². The number of carbonyl (C=O) groups is 1. The zero-order valence-corrected chi connectivity index (χ0v) is 14.2. The lowest BCUT2D eigenvalue weighted by molar-refractivity contribution is 0.0462. The zero-order chi connectivity index (χ0) is 17.0. The van der Waals surface area contributed by atoms with Crippen molar-refractivity contribution in [2.45, 2.75) is 70.7 Å². The molecule has 0 aliphatic heterocycles. The molecule has 1 aromatic heterocycles.